The van der Waals surface area contributed by atoms with Crippen LogP contribution in [0.25, 0.3) is 0 Å². The van der Waals surface area contributed by atoms with Gasteiger partial charge in [0.15, 0.2) is 14.5 Å². The predicted octanol–water partition coefficient (Wildman–Crippen LogP) is 3.71. The van der Waals surface area contributed by atoms with Gasteiger partial charge in [0.1, 0.15) is 5.03 Å². The molecule has 0 aliphatic rings. The molecule has 0 saturated carbocycles. The molecule has 0 N–H and O–H groups in total. The fraction of sp³-hybridized carbons (Fsp3) is 0.125. The molecular weight excluding hydrogens is 333 g/mol. The molecule has 8 heteroatoms. The first kappa shape index (κ1) is 12.3. The first-order chi connectivity index (χ1) is 7.69. The molecule has 0 atom stereocenters. The van der Waals surface area contributed by atoms with Gasteiger partial charge in [0.2, 0.25) is 0 Å². The summed E-state index contributed by atoms with van der Waals surface area (Å²) in [5, 5.41) is 8.18. The maximum atomic E-state index is 13.5. The fourth-order valence-electron chi connectivity index (χ4n) is 0.881. The summed E-state index contributed by atoms with van der Waals surface area (Å²) in [6.07, 6.45) is 3.48. The summed E-state index contributed by atoms with van der Waals surface area (Å²) in [5.74, 6) is -0.361. The van der Waals surface area contributed by atoms with E-state index in [0.717, 1.165) is 4.34 Å². The Morgan fingerprint density at radius 1 is 1.38 bits per heavy atom. The number of rotatable bonds is 3. The molecule has 16 heavy (non-hydrogen) atoms. The second-order valence-corrected chi connectivity index (χ2v) is 6.76. The van der Waals surface area contributed by atoms with E-state index in [1.54, 1.807) is 6.20 Å². The zero-order valence-corrected chi connectivity index (χ0v) is 12.0. The second kappa shape index (κ2) is 5.44. The maximum absolute atomic E-state index is 13.5. The largest absolute Gasteiger partial charge is 0.245 e. The minimum Gasteiger partial charge on any atom is -0.245 e. The van der Waals surface area contributed by atoms with Gasteiger partial charge in [0.25, 0.3) is 0 Å². The highest BCUT2D eigenvalue weighted by molar-refractivity contribution is 9.10. The van der Waals surface area contributed by atoms with Gasteiger partial charge in [0, 0.05) is 10.7 Å². The Kier molecular flexibility index (Phi) is 4.17. The zero-order chi connectivity index (χ0) is 11.5. The zero-order valence-electron chi connectivity index (χ0n) is 7.98. The van der Waals surface area contributed by atoms with Crippen LogP contribution >= 0.6 is 50.8 Å². The molecule has 0 spiro atoms. The summed E-state index contributed by atoms with van der Waals surface area (Å²) in [7, 11) is 0. The van der Waals surface area contributed by atoms with Gasteiger partial charge < -0.3 is 0 Å². The van der Waals surface area contributed by atoms with E-state index >= 15 is 0 Å². The summed E-state index contributed by atoms with van der Waals surface area (Å²) >= 11 is 7.28. The Morgan fingerprint density at radius 3 is 2.75 bits per heavy atom. The number of pyridine rings is 1. The van der Waals surface area contributed by atoms with Gasteiger partial charge in [-0.05, 0) is 40.0 Å². The molecule has 0 fully saturated rings. The average Bonchev–Trinajstić information content (AvgIpc) is 2.70. The topological polar surface area (TPSA) is 38.7 Å². The predicted molar refractivity (Wildman–Crippen MR) is 67.7 cm³/mol. The van der Waals surface area contributed by atoms with Crippen LogP contribution in [0.2, 0.25) is 0 Å². The average molecular weight is 338 g/mol. The van der Waals surface area contributed by atoms with Crippen molar-refractivity contribution < 1.29 is 4.39 Å². The number of aromatic nitrogens is 3. The molecule has 0 saturated heterocycles. The monoisotopic (exact) mass is 337 g/mol. The lowest BCUT2D eigenvalue weighted by atomic mass is 10.5. The van der Waals surface area contributed by atoms with Crippen molar-refractivity contribution in [1.82, 2.24) is 15.2 Å². The van der Waals surface area contributed by atoms with Gasteiger partial charge in [-0.3, -0.25) is 0 Å². The molecule has 84 valence electrons. The molecule has 0 bridgehead atoms. The van der Waals surface area contributed by atoms with E-state index in [1.165, 1.54) is 40.9 Å². The highest BCUT2D eigenvalue weighted by Gasteiger charge is 2.10. The summed E-state index contributed by atoms with van der Waals surface area (Å²) in [5.41, 5.74) is 0. The Morgan fingerprint density at radius 2 is 2.12 bits per heavy atom. The van der Waals surface area contributed by atoms with Gasteiger partial charge in [-0.15, -0.1) is 10.2 Å². The van der Waals surface area contributed by atoms with Crippen molar-refractivity contribution >= 4 is 50.8 Å². The van der Waals surface area contributed by atoms with Crippen LogP contribution in [-0.2, 0) is 0 Å². The summed E-state index contributed by atoms with van der Waals surface area (Å²) in [6.45, 7) is 0. The normalized spacial score (nSPS) is 10.7. The van der Waals surface area contributed by atoms with Gasteiger partial charge in [-0.1, -0.05) is 23.1 Å². The van der Waals surface area contributed by atoms with Crippen LogP contribution in [0.5, 0.6) is 0 Å². The van der Waals surface area contributed by atoms with Gasteiger partial charge in [-0.25, -0.2) is 9.37 Å². The molecule has 0 amide bonds. The smallest absolute Gasteiger partial charge is 0.181 e. The highest BCUT2D eigenvalue weighted by Crippen LogP contribution is 2.33. The van der Waals surface area contributed by atoms with E-state index in [0.29, 0.717) is 13.8 Å². The van der Waals surface area contributed by atoms with Crippen molar-refractivity contribution in [2.45, 2.75) is 13.7 Å². The maximum Gasteiger partial charge on any atom is 0.181 e. The number of hydrogen-bond donors (Lipinski definition) is 0. The first-order valence-corrected chi connectivity index (χ1v) is 7.70. The van der Waals surface area contributed by atoms with E-state index in [-0.39, 0.29) is 5.82 Å². The quantitative estimate of drug-likeness (QED) is 0.798. The lowest BCUT2D eigenvalue weighted by Gasteiger charge is -1.98. The molecule has 2 aromatic rings. The Labute approximate surface area is 112 Å². The second-order valence-electron chi connectivity index (χ2n) is 2.58. The van der Waals surface area contributed by atoms with Crippen molar-refractivity contribution in [3.63, 3.8) is 0 Å². The SMILES string of the molecule is CSc1nnc(Sc2ncc(Br)cc2F)s1. The number of halogens is 2. The van der Waals surface area contributed by atoms with E-state index in [2.05, 4.69) is 31.1 Å². The van der Waals surface area contributed by atoms with E-state index in [9.17, 15) is 4.39 Å². The van der Waals surface area contributed by atoms with Crippen LogP contribution < -0.4 is 0 Å². The molecule has 2 rings (SSSR count). The van der Waals surface area contributed by atoms with Gasteiger partial charge in [0.05, 0.1) is 0 Å². The molecule has 0 aliphatic heterocycles. The number of hydrogen-bond acceptors (Lipinski definition) is 6. The lowest BCUT2D eigenvalue weighted by molar-refractivity contribution is 0.586. The Bertz CT molecular complexity index is 505. The van der Waals surface area contributed by atoms with Crippen LogP contribution in [0.1, 0.15) is 0 Å². The van der Waals surface area contributed by atoms with Crippen molar-refractivity contribution in [3.05, 3.63) is 22.6 Å². The molecular formula is C8H5BrFN3S3. The highest BCUT2D eigenvalue weighted by atomic mass is 79.9. The molecule has 0 aliphatic carbocycles. The lowest BCUT2D eigenvalue weighted by Crippen LogP contribution is -1.86. The molecule has 2 heterocycles. The van der Waals surface area contributed by atoms with Crippen LogP contribution in [0.15, 0.2) is 30.4 Å². The van der Waals surface area contributed by atoms with Crippen molar-refractivity contribution in [2.24, 2.45) is 0 Å². The standard InChI is InChI=1S/C8H5BrFN3S3/c1-14-7-12-13-8(16-7)15-6-5(10)2-4(9)3-11-6/h2-3H,1H3. The van der Waals surface area contributed by atoms with E-state index in [4.69, 9.17) is 0 Å². The third kappa shape index (κ3) is 2.93. The first-order valence-electron chi connectivity index (χ1n) is 4.05. The molecule has 3 nitrogen and oxygen atoms in total. The third-order valence-electron chi connectivity index (χ3n) is 1.52. The van der Waals surface area contributed by atoms with Crippen LogP contribution in [0.4, 0.5) is 4.39 Å². The molecule has 0 unspecified atom stereocenters. The Balaban J connectivity index is 2.20. The van der Waals surface area contributed by atoms with Crippen LogP contribution in [0.3, 0.4) is 0 Å². The molecule has 0 aromatic carbocycles. The summed E-state index contributed by atoms with van der Waals surface area (Å²) in [4.78, 5) is 3.98. The number of nitrogens with zero attached hydrogens (tertiary/aromatic N) is 3. The third-order valence-corrected chi connectivity index (χ3v) is 4.90. The molecule has 2 aromatic heterocycles. The molecule has 0 radical (unpaired) electrons. The summed E-state index contributed by atoms with van der Waals surface area (Å²) < 4.78 is 15.6. The van der Waals surface area contributed by atoms with E-state index in [1.807, 2.05) is 6.26 Å². The minimum atomic E-state index is -0.361. The van der Waals surface area contributed by atoms with Crippen molar-refractivity contribution in [1.29, 1.82) is 0 Å². The van der Waals surface area contributed by atoms with E-state index < -0.39 is 0 Å². The van der Waals surface area contributed by atoms with Crippen LogP contribution in [-0.4, -0.2) is 21.4 Å². The summed E-state index contributed by atoms with van der Waals surface area (Å²) in [6, 6.07) is 1.38. The van der Waals surface area contributed by atoms with Gasteiger partial charge in [-0.2, -0.15) is 0 Å². The number of thioether (sulfide) groups is 1. The Hall–Kier alpha value is -0.180. The van der Waals surface area contributed by atoms with Crippen molar-refractivity contribution in [3.8, 4) is 0 Å². The fourth-order valence-corrected chi connectivity index (χ4v) is 3.50. The van der Waals surface area contributed by atoms with Crippen molar-refractivity contribution in [2.75, 3.05) is 6.26 Å². The van der Waals surface area contributed by atoms with Gasteiger partial charge >= 0.3 is 0 Å². The minimum absolute atomic E-state index is 0.312. The van der Waals surface area contributed by atoms with Crippen LogP contribution in [0, 0.1) is 5.82 Å².